The number of fused-ring (bicyclic) bond motifs is 1. The molecule has 0 atom stereocenters. The second kappa shape index (κ2) is 7.81. The Morgan fingerprint density at radius 2 is 1.95 bits per heavy atom. The summed E-state index contributed by atoms with van der Waals surface area (Å²) in [5, 5.41) is 4.82. The molecule has 0 amide bonds. The van der Waals surface area contributed by atoms with E-state index in [9.17, 15) is 0 Å². The molecule has 0 spiro atoms. The van der Waals surface area contributed by atoms with Crippen LogP contribution in [0.3, 0.4) is 0 Å². The summed E-state index contributed by atoms with van der Waals surface area (Å²) in [6.07, 6.45) is 2.17. The monoisotopic (exact) mass is 337 g/mol. The maximum absolute atomic E-state index is 3.53. The van der Waals surface area contributed by atoms with Crippen molar-refractivity contribution in [2.75, 3.05) is 32.7 Å². The first-order valence-electron chi connectivity index (χ1n) is 7.42. The fourth-order valence-corrected chi connectivity index (χ4v) is 2.85. The molecule has 20 heavy (non-hydrogen) atoms. The molecular formula is C16H24BrN3. The summed E-state index contributed by atoms with van der Waals surface area (Å²) in [5.74, 6) is 0. The Morgan fingerprint density at radius 1 is 1.15 bits per heavy atom. The van der Waals surface area contributed by atoms with Crippen LogP contribution in [0, 0.1) is 0 Å². The Morgan fingerprint density at radius 3 is 2.70 bits per heavy atom. The number of hydrogen-bond acceptors (Lipinski definition) is 2. The highest BCUT2D eigenvalue weighted by molar-refractivity contribution is 9.10. The Hall–Kier alpha value is -0.840. The van der Waals surface area contributed by atoms with E-state index in [0.717, 1.165) is 43.7 Å². The molecule has 0 saturated heterocycles. The van der Waals surface area contributed by atoms with Crippen LogP contribution in [0.1, 0.15) is 13.8 Å². The van der Waals surface area contributed by atoms with Gasteiger partial charge in [-0.2, -0.15) is 0 Å². The van der Waals surface area contributed by atoms with Crippen LogP contribution in [-0.2, 0) is 6.54 Å². The Balaban J connectivity index is 1.79. The fourth-order valence-electron chi connectivity index (χ4n) is 2.47. The normalized spacial score (nSPS) is 11.6. The van der Waals surface area contributed by atoms with E-state index in [-0.39, 0.29) is 0 Å². The molecule has 110 valence electrons. The molecule has 0 radical (unpaired) electrons. The quantitative estimate of drug-likeness (QED) is 0.745. The number of aromatic nitrogens is 1. The number of benzene rings is 1. The van der Waals surface area contributed by atoms with E-state index < -0.39 is 0 Å². The molecule has 0 bridgehead atoms. The number of rotatable bonds is 8. The van der Waals surface area contributed by atoms with Crippen LogP contribution < -0.4 is 5.32 Å². The number of likely N-dealkylation sites (N-methyl/N-ethyl adjacent to an activating group) is 1. The Bertz CT molecular complexity index is 532. The van der Waals surface area contributed by atoms with Crippen molar-refractivity contribution >= 4 is 26.8 Å². The molecule has 0 aliphatic heterocycles. The predicted molar refractivity (Wildman–Crippen MR) is 90.3 cm³/mol. The molecule has 1 aromatic heterocycles. The zero-order valence-corrected chi connectivity index (χ0v) is 14.0. The van der Waals surface area contributed by atoms with Gasteiger partial charge in [-0.3, -0.25) is 0 Å². The first-order valence-corrected chi connectivity index (χ1v) is 8.21. The van der Waals surface area contributed by atoms with Crippen molar-refractivity contribution in [2.45, 2.75) is 20.4 Å². The summed E-state index contributed by atoms with van der Waals surface area (Å²) in [6.45, 7) is 10.9. The molecule has 2 aromatic rings. The van der Waals surface area contributed by atoms with Crippen molar-refractivity contribution in [3.8, 4) is 0 Å². The summed E-state index contributed by atoms with van der Waals surface area (Å²) in [5.41, 5.74) is 1.30. The molecular weight excluding hydrogens is 314 g/mol. The summed E-state index contributed by atoms with van der Waals surface area (Å²) < 4.78 is 3.45. The highest BCUT2D eigenvalue weighted by atomic mass is 79.9. The van der Waals surface area contributed by atoms with Gasteiger partial charge in [0.25, 0.3) is 0 Å². The molecule has 0 fully saturated rings. The molecule has 2 rings (SSSR count). The van der Waals surface area contributed by atoms with Crippen LogP contribution in [-0.4, -0.2) is 42.2 Å². The SMILES string of the molecule is CCN(CC)CCNCCn1ccc2cc(Br)ccc21. The van der Waals surface area contributed by atoms with Crippen molar-refractivity contribution < 1.29 is 0 Å². The molecule has 0 unspecified atom stereocenters. The van der Waals surface area contributed by atoms with Crippen LogP contribution in [0.4, 0.5) is 0 Å². The van der Waals surface area contributed by atoms with E-state index in [1.54, 1.807) is 0 Å². The van der Waals surface area contributed by atoms with Gasteiger partial charge in [0.15, 0.2) is 0 Å². The zero-order valence-electron chi connectivity index (χ0n) is 12.4. The largest absolute Gasteiger partial charge is 0.346 e. The van der Waals surface area contributed by atoms with Crippen molar-refractivity contribution in [3.05, 3.63) is 34.9 Å². The van der Waals surface area contributed by atoms with Gasteiger partial charge in [0.2, 0.25) is 0 Å². The van der Waals surface area contributed by atoms with Crippen LogP contribution in [0.2, 0.25) is 0 Å². The van der Waals surface area contributed by atoms with Gasteiger partial charge >= 0.3 is 0 Å². The molecule has 1 heterocycles. The first-order chi connectivity index (χ1) is 9.74. The third-order valence-corrected chi connectivity index (χ3v) is 4.26. The lowest BCUT2D eigenvalue weighted by Crippen LogP contribution is -2.33. The van der Waals surface area contributed by atoms with Crippen molar-refractivity contribution in [2.24, 2.45) is 0 Å². The van der Waals surface area contributed by atoms with Crippen LogP contribution in [0.15, 0.2) is 34.9 Å². The van der Waals surface area contributed by atoms with Gasteiger partial charge in [-0.15, -0.1) is 0 Å². The van der Waals surface area contributed by atoms with Crippen molar-refractivity contribution in [1.29, 1.82) is 0 Å². The molecule has 0 aliphatic rings. The standard InChI is InChI=1S/C16H24BrN3/c1-3-19(4-2)11-8-18-9-12-20-10-7-14-13-15(17)5-6-16(14)20/h5-7,10,13,18H,3-4,8-9,11-12H2,1-2H3. The van der Waals surface area contributed by atoms with Crippen LogP contribution >= 0.6 is 15.9 Å². The average molecular weight is 338 g/mol. The Labute approximate surface area is 130 Å². The summed E-state index contributed by atoms with van der Waals surface area (Å²) in [4.78, 5) is 2.44. The lowest BCUT2D eigenvalue weighted by Gasteiger charge is -2.18. The van der Waals surface area contributed by atoms with E-state index >= 15 is 0 Å². The van der Waals surface area contributed by atoms with E-state index in [4.69, 9.17) is 0 Å². The third kappa shape index (κ3) is 4.08. The molecule has 0 aliphatic carbocycles. The van der Waals surface area contributed by atoms with Gasteiger partial charge in [0.05, 0.1) is 0 Å². The lowest BCUT2D eigenvalue weighted by molar-refractivity contribution is 0.302. The summed E-state index contributed by atoms with van der Waals surface area (Å²) in [7, 11) is 0. The third-order valence-electron chi connectivity index (χ3n) is 3.76. The summed E-state index contributed by atoms with van der Waals surface area (Å²) in [6, 6.07) is 8.62. The van der Waals surface area contributed by atoms with E-state index in [0.29, 0.717) is 0 Å². The van der Waals surface area contributed by atoms with Gasteiger partial charge < -0.3 is 14.8 Å². The van der Waals surface area contributed by atoms with Gasteiger partial charge in [-0.25, -0.2) is 0 Å². The van der Waals surface area contributed by atoms with Crippen LogP contribution in [0.25, 0.3) is 10.9 Å². The highest BCUT2D eigenvalue weighted by Crippen LogP contribution is 2.20. The van der Waals surface area contributed by atoms with Crippen molar-refractivity contribution in [1.82, 2.24) is 14.8 Å². The maximum atomic E-state index is 3.53. The second-order valence-electron chi connectivity index (χ2n) is 4.99. The minimum absolute atomic E-state index is 1.01. The molecule has 3 nitrogen and oxygen atoms in total. The molecule has 4 heteroatoms. The van der Waals surface area contributed by atoms with E-state index in [2.05, 4.69) is 75.0 Å². The molecule has 0 saturated carbocycles. The van der Waals surface area contributed by atoms with Gasteiger partial charge in [-0.1, -0.05) is 29.8 Å². The summed E-state index contributed by atoms with van der Waals surface area (Å²) >= 11 is 3.52. The lowest BCUT2D eigenvalue weighted by atomic mass is 10.2. The highest BCUT2D eigenvalue weighted by Gasteiger charge is 2.01. The van der Waals surface area contributed by atoms with Gasteiger partial charge in [0, 0.05) is 47.8 Å². The van der Waals surface area contributed by atoms with E-state index in [1.807, 2.05) is 0 Å². The molecule has 1 N–H and O–H groups in total. The van der Waals surface area contributed by atoms with Gasteiger partial charge in [0.1, 0.15) is 0 Å². The minimum atomic E-state index is 1.01. The Kier molecular flexibility index (Phi) is 6.07. The number of nitrogens with zero attached hydrogens (tertiary/aromatic N) is 2. The fraction of sp³-hybridized carbons (Fsp3) is 0.500. The topological polar surface area (TPSA) is 20.2 Å². The minimum Gasteiger partial charge on any atom is -0.346 e. The first kappa shape index (κ1) is 15.5. The number of halogens is 1. The second-order valence-corrected chi connectivity index (χ2v) is 5.90. The number of hydrogen-bond donors (Lipinski definition) is 1. The smallest absolute Gasteiger partial charge is 0.0481 e. The van der Waals surface area contributed by atoms with Crippen molar-refractivity contribution in [3.63, 3.8) is 0 Å². The average Bonchev–Trinajstić information content (AvgIpc) is 2.85. The maximum Gasteiger partial charge on any atom is 0.0481 e. The van der Waals surface area contributed by atoms with E-state index in [1.165, 1.54) is 10.9 Å². The zero-order chi connectivity index (χ0) is 14.4. The number of nitrogens with one attached hydrogen (secondary N) is 1. The predicted octanol–water partition coefficient (Wildman–Crippen LogP) is 3.34. The molecule has 1 aromatic carbocycles. The van der Waals surface area contributed by atoms with Gasteiger partial charge in [-0.05, 0) is 37.4 Å². The van der Waals surface area contributed by atoms with Crippen LogP contribution in [0.5, 0.6) is 0 Å².